The Hall–Kier alpha value is -1.67. The highest BCUT2D eigenvalue weighted by molar-refractivity contribution is 7.94. The van der Waals surface area contributed by atoms with Gasteiger partial charge >= 0.3 is 0 Å². The highest BCUT2D eigenvalue weighted by Gasteiger charge is 2.16. The minimum atomic E-state index is 0.0141. The van der Waals surface area contributed by atoms with E-state index in [9.17, 15) is 5.11 Å². The molecule has 0 saturated heterocycles. The van der Waals surface area contributed by atoms with Gasteiger partial charge in [0.05, 0.1) is 16.9 Å². The molecule has 0 aliphatic rings. The number of phenols is 1. The van der Waals surface area contributed by atoms with Crippen LogP contribution in [0, 0.1) is 13.8 Å². The summed E-state index contributed by atoms with van der Waals surface area (Å²) in [5.74, 6) is 0.0141. The zero-order valence-corrected chi connectivity index (χ0v) is 12.1. The average molecular weight is 294 g/mol. The Morgan fingerprint density at radius 1 is 1.20 bits per heavy atom. The SMILES string of the molecule is CN=Nc1c(SOOO)cc2c(C)c(C)ccc2c1O. The summed E-state index contributed by atoms with van der Waals surface area (Å²) in [6.07, 6.45) is 0. The van der Waals surface area contributed by atoms with Crippen LogP contribution in [-0.2, 0) is 9.37 Å². The molecule has 0 radical (unpaired) electrons. The second kappa shape index (κ2) is 6.19. The van der Waals surface area contributed by atoms with Gasteiger partial charge in [-0.15, -0.1) is 4.33 Å². The lowest BCUT2D eigenvalue weighted by molar-refractivity contribution is -0.432. The van der Waals surface area contributed by atoms with Crippen LogP contribution in [0.4, 0.5) is 5.69 Å². The molecule has 6 nitrogen and oxygen atoms in total. The number of benzene rings is 2. The zero-order chi connectivity index (χ0) is 14.7. The first-order valence-electron chi connectivity index (χ1n) is 5.80. The topological polar surface area (TPSA) is 83.6 Å². The highest BCUT2D eigenvalue weighted by atomic mass is 32.2. The van der Waals surface area contributed by atoms with Crippen molar-refractivity contribution in [3.8, 4) is 5.75 Å². The van der Waals surface area contributed by atoms with Crippen LogP contribution in [0.15, 0.2) is 33.3 Å². The maximum Gasteiger partial charge on any atom is 0.152 e. The minimum Gasteiger partial charge on any atom is -0.505 e. The standard InChI is InChI=1S/C13H14N2O4S/c1-7-4-5-9-10(8(7)2)6-11(20-19-18-17)12(13(9)16)15-14-3/h4-6,16-17H,1-3H3. The molecule has 0 aliphatic heterocycles. The van der Waals surface area contributed by atoms with E-state index in [0.717, 1.165) is 28.6 Å². The van der Waals surface area contributed by atoms with Gasteiger partial charge in [-0.3, -0.25) is 0 Å². The summed E-state index contributed by atoms with van der Waals surface area (Å²) in [6.45, 7) is 3.96. The van der Waals surface area contributed by atoms with Gasteiger partial charge in [-0.1, -0.05) is 17.2 Å². The molecule has 0 aliphatic carbocycles. The van der Waals surface area contributed by atoms with Crippen molar-refractivity contribution in [2.24, 2.45) is 10.2 Å². The smallest absolute Gasteiger partial charge is 0.152 e. The first-order valence-corrected chi connectivity index (χ1v) is 6.54. The van der Waals surface area contributed by atoms with Crippen LogP contribution >= 0.6 is 12.0 Å². The number of nitrogens with zero attached hydrogens (tertiary/aromatic N) is 2. The molecule has 2 aromatic rings. The van der Waals surface area contributed by atoms with Crippen LogP contribution in [-0.4, -0.2) is 17.4 Å². The highest BCUT2D eigenvalue weighted by Crippen LogP contribution is 2.44. The summed E-state index contributed by atoms with van der Waals surface area (Å²) >= 11 is 0.745. The van der Waals surface area contributed by atoms with Crippen molar-refractivity contribution < 1.29 is 19.7 Å². The fraction of sp³-hybridized carbons (Fsp3) is 0.231. The predicted molar refractivity (Wildman–Crippen MR) is 76.2 cm³/mol. The van der Waals surface area contributed by atoms with Crippen molar-refractivity contribution in [3.63, 3.8) is 0 Å². The number of rotatable bonds is 4. The van der Waals surface area contributed by atoms with Crippen molar-refractivity contribution in [1.29, 1.82) is 0 Å². The Morgan fingerprint density at radius 3 is 2.60 bits per heavy atom. The predicted octanol–water partition coefficient (Wildman–Crippen LogP) is 4.30. The number of phenolic OH excluding ortho intramolecular Hbond substituents is 1. The van der Waals surface area contributed by atoms with Crippen LogP contribution < -0.4 is 0 Å². The van der Waals surface area contributed by atoms with Crippen molar-refractivity contribution in [1.82, 2.24) is 0 Å². The molecular formula is C13H14N2O4S. The summed E-state index contributed by atoms with van der Waals surface area (Å²) in [5.41, 5.74) is 2.42. The maximum absolute atomic E-state index is 10.4. The van der Waals surface area contributed by atoms with Crippen LogP contribution in [0.3, 0.4) is 0 Å². The number of fused-ring (bicyclic) bond motifs is 1. The molecule has 0 saturated carbocycles. The average Bonchev–Trinajstić information content (AvgIpc) is 2.44. The van der Waals surface area contributed by atoms with E-state index in [1.807, 2.05) is 32.0 Å². The van der Waals surface area contributed by atoms with Crippen molar-refractivity contribution in [2.45, 2.75) is 18.7 Å². The monoisotopic (exact) mass is 294 g/mol. The van der Waals surface area contributed by atoms with E-state index in [1.54, 1.807) is 0 Å². The Balaban J connectivity index is 2.74. The van der Waals surface area contributed by atoms with Gasteiger partial charge < -0.3 is 5.11 Å². The van der Waals surface area contributed by atoms with E-state index in [1.165, 1.54) is 7.05 Å². The van der Waals surface area contributed by atoms with Crippen LogP contribution in [0.1, 0.15) is 11.1 Å². The molecule has 0 amide bonds. The second-order valence-corrected chi connectivity index (χ2v) is 4.94. The third kappa shape index (κ3) is 2.61. The van der Waals surface area contributed by atoms with Crippen LogP contribution in [0.25, 0.3) is 10.8 Å². The molecule has 7 heteroatoms. The van der Waals surface area contributed by atoms with Gasteiger partial charge in [-0.2, -0.15) is 10.2 Å². The third-order valence-electron chi connectivity index (χ3n) is 3.13. The quantitative estimate of drug-likeness (QED) is 0.380. The van der Waals surface area contributed by atoms with Crippen LogP contribution in [0.2, 0.25) is 0 Å². The molecule has 20 heavy (non-hydrogen) atoms. The van der Waals surface area contributed by atoms with E-state index < -0.39 is 0 Å². The number of azo groups is 1. The molecular weight excluding hydrogens is 280 g/mol. The lowest BCUT2D eigenvalue weighted by Gasteiger charge is -2.11. The lowest BCUT2D eigenvalue weighted by atomic mass is 10.00. The van der Waals surface area contributed by atoms with E-state index >= 15 is 0 Å². The Morgan fingerprint density at radius 2 is 1.95 bits per heavy atom. The van der Waals surface area contributed by atoms with E-state index in [-0.39, 0.29) is 11.4 Å². The molecule has 0 heterocycles. The maximum atomic E-state index is 10.4. The van der Waals surface area contributed by atoms with Gasteiger partial charge in [0, 0.05) is 12.4 Å². The van der Waals surface area contributed by atoms with E-state index in [2.05, 4.69) is 19.6 Å². The number of hydrogen-bond donors (Lipinski definition) is 2. The van der Waals surface area contributed by atoms with Gasteiger partial charge in [0.15, 0.2) is 5.75 Å². The molecule has 2 rings (SSSR count). The van der Waals surface area contributed by atoms with Gasteiger partial charge in [0.2, 0.25) is 0 Å². The Bertz CT molecular complexity index is 673. The summed E-state index contributed by atoms with van der Waals surface area (Å²) in [5, 5.41) is 31.3. The molecule has 0 atom stereocenters. The largest absolute Gasteiger partial charge is 0.505 e. The summed E-state index contributed by atoms with van der Waals surface area (Å²) in [7, 11) is 1.50. The van der Waals surface area contributed by atoms with E-state index in [0.29, 0.717) is 10.3 Å². The van der Waals surface area contributed by atoms with E-state index in [4.69, 9.17) is 5.26 Å². The molecule has 0 spiro atoms. The minimum absolute atomic E-state index is 0.0141. The first kappa shape index (κ1) is 14.7. The Kier molecular flexibility index (Phi) is 4.56. The lowest BCUT2D eigenvalue weighted by Crippen LogP contribution is -1.87. The fourth-order valence-electron chi connectivity index (χ4n) is 1.99. The second-order valence-electron chi connectivity index (χ2n) is 4.20. The number of aryl methyl sites for hydroxylation is 2. The molecule has 2 aromatic carbocycles. The first-order chi connectivity index (χ1) is 9.60. The van der Waals surface area contributed by atoms with Crippen molar-refractivity contribution in [2.75, 3.05) is 7.05 Å². The molecule has 2 N–H and O–H groups in total. The summed E-state index contributed by atoms with van der Waals surface area (Å²) in [4.78, 5) is 0.489. The fourth-order valence-corrected chi connectivity index (χ4v) is 2.47. The molecule has 0 fully saturated rings. The van der Waals surface area contributed by atoms with Gasteiger partial charge in [0.1, 0.15) is 5.69 Å². The molecule has 0 unspecified atom stereocenters. The van der Waals surface area contributed by atoms with Gasteiger partial charge in [-0.25, -0.2) is 5.26 Å². The molecule has 0 bridgehead atoms. The summed E-state index contributed by atoms with van der Waals surface area (Å²) < 4.78 is 4.44. The van der Waals surface area contributed by atoms with Gasteiger partial charge in [0.25, 0.3) is 0 Å². The normalized spacial score (nSPS) is 11.6. The third-order valence-corrected chi connectivity index (χ3v) is 3.75. The van der Waals surface area contributed by atoms with Gasteiger partial charge in [-0.05, 0) is 36.4 Å². The van der Waals surface area contributed by atoms with Crippen molar-refractivity contribution >= 4 is 28.5 Å². The number of hydrogen-bond acceptors (Lipinski definition) is 7. The zero-order valence-electron chi connectivity index (χ0n) is 11.2. The Labute approximate surface area is 120 Å². The van der Waals surface area contributed by atoms with Crippen LogP contribution in [0.5, 0.6) is 5.75 Å². The number of aromatic hydroxyl groups is 1. The molecule has 0 aromatic heterocycles. The summed E-state index contributed by atoms with van der Waals surface area (Å²) in [6, 6.07) is 5.58. The molecule has 106 valence electrons. The van der Waals surface area contributed by atoms with Crippen molar-refractivity contribution in [3.05, 3.63) is 29.3 Å².